The molecule has 7 N–H and O–H groups in total. The van der Waals surface area contributed by atoms with Gasteiger partial charge in [-0.25, -0.2) is 10.4 Å². The highest BCUT2D eigenvalue weighted by Gasteiger charge is 2.42. The number of carbonyl (C=O) groups is 2. The van der Waals surface area contributed by atoms with Crippen LogP contribution >= 0.6 is 11.3 Å². The molecule has 0 saturated carbocycles. The summed E-state index contributed by atoms with van der Waals surface area (Å²) in [5, 5.41) is 11.1. The molecular formula is C13H23N4O3S+. The molecule has 1 rings (SSSR count). The van der Waals surface area contributed by atoms with Crippen molar-refractivity contribution in [2.75, 3.05) is 5.73 Å². The van der Waals surface area contributed by atoms with Crippen LogP contribution in [0.2, 0.25) is 0 Å². The lowest BCUT2D eigenvalue weighted by atomic mass is 9.74. The molecule has 0 aliphatic rings. The molecule has 0 spiro atoms. The third-order valence-corrected chi connectivity index (χ3v) is 4.20. The molecule has 0 bridgehead atoms. The van der Waals surface area contributed by atoms with Gasteiger partial charge in [0.15, 0.2) is 5.13 Å². The zero-order valence-corrected chi connectivity index (χ0v) is 13.2. The van der Waals surface area contributed by atoms with Crippen molar-refractivity contribution in [2.45, 2.75) is 44.9 Å². The average molecular weight is 315 g/mol. The van der Waals surface area contributed by atoms with Crippen LogP contribution in [0.3, 0.4) is 0 Å². The van der Waals surface area contributed by atoms with Gasteiger partial charge in [0.1, 0.15) is 0 Å². The van der Waals surface area contributed by atoms with Crippen molar-refractivity contribution >= 4 is 28.3 Å². The number of quaternary nitrogens is 1. The predicted molar refractivity (Wildman–Crippen MR) is 80.2 cm³/mol. The fraction of sp³-hybridized carbons (Fsp3) is 0.615. The molecule has 1 unspecified atom stereocenters. The van der Waals surface area contributed by atoms with Gasteiger partial charge < -0.3 is 10.8 Å². The molecule has 0 aliphatic heterocycles. The molecule has 1 atom stereocenters. The van der Waals surface area contributed by atoms with Crippen LogP contribution in [-0.2, 0) is 15.0 Å². The average Bonchev–Trinajstić information content (AvgIpc) is 2.85. The normalized spacial score (nSPS) is 13.9. The Morgan fingerprint density at radius 3 is 2.62 bits per heavy atom. The molecule has 1 aromatic heterocycles. The maximum absolute atomic E-state index is 12.4. The second-order valence-corrected chi connectivity index (χ2v) is 6.37. The number of nitrogens with two attached hydrogens (primary N) is 1. The molecule has 1 amide bonds. The van der Waals surface area contributed by atoms with Crippen LogP contribution < -0.4 is 17.0 Å². The van der Waals surface area contributed by atoms with Gasteiger partial charge in [-0.05, 0) is 25.2 Å². The van der Waals surface area contributed by atoms with E-state index in [9.17, 15) is 9.59 Å². The number of nitrogen functional groups attached to an aromatic ring is 1. The number of thiazole rings is 1. The van der Waals surface area contributed by atoms with Gasteiger partial charge >= 0.3 is 5.97 Å². The first-order chi connectivity index (χ1) is 9.81. The first-order valence-electron chi connectivity index (χ1n) is 6.82. The SMILES string of the molecule is CC(C)CCC(CCC(=O)O)(C(=O)N[NH3+])c1csc(N)n1. The van der Waals surface area contributed by atoms with Crippen LogP contribution in [-0.4, -0.2) is 22.0 Å². The van der Waals surface area contributed by atoms with Crippen molar-refractivity contribution in [1.82, 2.24) is 10.4 Å². The summed E-state index contributed by atoms with van der Waals surface area (Å²) < 4.78 is 0. The van der Waals surface area contributed by atoms with Gasteiger partial charge in [0.05, 0.1) is 11.1 Å². The molecule has 1 heterocycles. The summed E-state index contributed by atoms with van der Waals surface area (Å²) in [6.45, 7) is 4.11. The smallest absolute Gasteiger partial charge is 0.303 e. The summed E-state index contributed by atoms with van der Waals surface area (Å²) >= 11 is 1.25. The number of nitrogens with zero attached hydrogens (tertiary/aromatic N) is 1. The monoisotopic (exact) mass is 315 g/mol. The number of aliphatic carboxylic acids is 1. The van der Waals surface area contributed by atoms with Crippen molar-refractivity contribution in [3.63, 3.8) is 0 Å². The molecule has 7 nitrogen and oxygen atoms in total. The number of hydrogen-bond acceptors (Lipinski definition) is 5. The van der Waals surface area contributed by atoms with Gasteiger partial charge in [0.2, 0.25) is 0 Å². The van der Waals surface area contributed by atoms with Crippen LogP contribution in [0.5, 0.6) is 0 Å². The number of carboxylic acids is 1. The largest absolute Gasteiger partial charge is 0.481 e. The van der Waals surface area contributed by atoms with E-state index in [4.69, 9.17) is 10.8 Å². The zero-order valence-electron chi connectivity index (χ0n) is 12.4. The fourth-order valence-electron chi connectivity index (χ4n) is 2.26. The maximum atomic E-state index is 12.4. The van der Waals surface area contributed by atoms with Crippen molar-refractivity contribution in [1.29, 1.82) is 0 Å². The zero-order chi connectivity index (χ0) is 16.0. The van der Waals surface area contributed by atoms with Gasteiger partial charge in [0.25, 0.3) is 5.91 Å². The van der Waals surface area contributed by atoms with Crippen molar-refractivity contribution in [3.05, 3.63) is 11.1 Å². The number of anilines is 1. The van der Waals surface area contributed by atoms with E-state index in [2.05, 4.69) is 30.1 Å². The van der Waals surface area contributed by atoms with E-state index in [1.54, 1.807) is 5.38 Å². The lowest BCUT2D eigenvalue weighted by molar-refractivity contribution is -0.428. The summed E-state index contributed by atoms with van der Waals surface area (Å²) in [6.07, 6.45) is 1.37. The molecule has 1 aromatic rings. The Morgan fingerprint density at radius 2 is 2.19 bits per heavy atom. The summed E-state index contributed by atoms with van der Waals surface area (Å²) in [6, 6.07) is 0. The Morgan fingerprint density at radius 1 is 1.52 bits per heavy atom. The van der Waals surface area contributed by atoms with Crippen LogP contribution in [0.15, 0.2) is 5.38 Å². The summed E-state index contributed by atoms with van der Waals surface area (Å²) in [5.41, 5.74) is 7.62. The van der Waals surface area contributed by atoms with Crippen LogP contribution in [0.25, 0.3) is 0 Å². The quantitative estimate of drug-likeness (QED) is 0.520. The third kappa shape index (κ3) is 4.40. The van der Waals surface area contributed by atoms with Gasteiger partial charge in [-0.2, -0.15) is 0 Å². The van der Waals surface area contributed by atoms with E-state index in [0.29, 0.717) is 23.2 Å². The molecule has 8 heteroatoms. The highest BCUT2D eigenvalue weighted by atomic mass is 32.1. The summed E-state index contributed by atoms with van der Waals surface area (Å²) in [4.78, 5) is 27.6. The topological polar surface area (TPSA) is 133 Å². The summed E-state index contributed by atoms with van der Waals surface area (Å²) in [5.74, 6) is 2.58. The van der Waals surface area contributed by atoms with Crippen molar-refractivity contribution in [3.8, 4) is 0 Å². The second kappa shape index (κ2) is 7.37. The van der Waals surface area contributed by atoms with E-state index in [1.165, 1.54) is 11.3 Å². The first kappa shape index (κ1) is 17.4. The van der Waals surface area contributed by atoms with Gasteiger partial charge in [-0.15, -0.1) is 11.3 Å². The maximum Gasteiger partial charge on any atom is 0.303 e. The number of carbonyl (C=O) groups excluding carboxylic acids is 1. The number of hydrogen-bond donors (Lipinski definition) is 4. The fourth-order valence-corrected chi connectivity index (χ4v) is 2.92. The number of aromatic nitrogens is 1. The predicted octanol–water partition coefficient (Wildman–Crippen LogP) is 0.537. The molecule has 0 fully saturated rings. The molecule has 0 aliphatic carbocycles. The van der Waals surface area contributed by atoms with E-state index >= 15 is 0 Å². The molecule has 0 radical (unpaired) electrons. The molecule has 118 valence electrons. The first-order valence-corrected chi connectivity index (χ1v) is 7.70. The highest BCUT2D eigenvalue weighted by Crippen LogP contribution is 2.37. The minimum Gasteiger partial charge on any atom is -0.481 e. The number of amides is 1. The highest BCUT2D eigenvalue weighted by molar-refractivity contribution is 7.13. The van der Waals surface area contributed by atoms with E-state index in [-0.39, 0.29) is 18.7 Å². The van der Waals surface area contributed by atoms with Gasteiger partial charge in [0, 0.05) is 11.8 Å². The Bertz CT molecular complexity index is 503. The van der Waals surface area contributed by atoms with E-state index in [1.807, 2.05) is 0 Å². The van der Waals surface area contributed by atoms with Gasteiger partial charge in [-0.3, -0.25) is 15.4 Å². The number of carboxylic acid groups (broad SMARTS) is 1. The van der Waals surface area contributed by atoms with Crippen LogP contribution in [0.1, 0.15) is 45.2 Å². The van der Waals surface area contributed by atoms with Crippen LogP contribution in [0, 0.1) is 5.92 Å². The Hall–Kier alpha value is -1.67. The molecule has 0 aromatic carbocycles. The second-order valence-electron chi connectivity index (χ2n) is 5.49. The standard InChI is InChI=1S/C13H22N4O3S/c1-8(2)3-5-13(11(20)17-15,6-4-10(18)19)9-7-21-12(14)16-9/h7-8H,3-6,15H2,1-2H3,(H2,14,16)(H,17,20)(H,18,19)/p+1. The summed E-state index contributed by atoms with van der Waals surface area (Å²) in [7, 11) is 0. The Labute approximate surface area is 127 Å². The lowest BCUT2D eigenvalue weighted by Gasteiger charge is -2.29. The third-order valence-electron chi connectivity index (χ3n) is 3.52. The minimum atomic E-state index is -0.988. The van der Waals surface area contributed by atoms with E-state index in [0.717, 1.165) is 6.42 Å². The van der Waals surface area contributed by atoms with Crippen molar-refractivity contribution in [2.24, 2.45) is 5.92 Å². The van der Waals surface area contributed by atoms with Crippen molar-refractivity contribution < 1.29 is 20.5 Å². The number of nitrogens with one attached hydrogen (secondary N) is 1. The minimum absolute atomic E-state index is 0.108. The van der Waals surface area contributed by atoms with E-state index < -0.39 is 11.4 Å². The molecular weight excluding hydrogens is 292 g/mol. The van der Waals surface area contributed by atoms with Gasteiger partial charge in [-0.1, -0.05) is 13.8 Å². The Balaban J connectivity index is 3.18. The van der Waals surface area contributed by atoms with Crippen LogP contribution in [0.4, 0.5) is 5.13 Å². The molecule has 21 heavy (non-hydrogen) atoms. The molecule has 0 saturated heterocycles. The number of rotatable bonds is 8. The lowest BCUT2D eigenvalue weighted by Crippen LogP contribution is -2.70. The Kier molecular flexibility index (Phi) is 6.10.